The number of furan rings is 1. The lowest BCUT2D eigenvalue weighted by Gasteiger charge is -2.05. The zero-order valence-corrected chi connectivity index (χ0v) is 16.9. The molecule has 7 nitrogen and oxygen atoms in total. The molecule has 0 saturated carbocycles. The van der Waals surface area contributed by atoms with Crippen molar-refractivity contribution in [2.45, 2.75) is 26.7 Å². The topological polar surface area (TPSA) is 86.7 Å². The number of aryl methyl sites for hydroxylation is 1. The Labute approximate surface area is 169 Å². The lowest BCUT2D eigenvalue weighted by molar-refractivity contribution is 0.317. The van der Waals surface area contributed by atoms with E-state index in [1.807, 2.05) is 44.2 Å². The standard InChI is InChI=1S/C21H19N3O4S/c1-3-10-27-15-8-5-14(6-9-15)11-17-19(25)22-21-24(23-17)20(26)18(29-21)12-16-7-4-13(2)28-16/h4-9,12H,3,10-11H2,1-2H3/b18-12+. The Hall–Kier alpha value is -3.26. The van der Waals surface area contributed by atoms with Gasteiger partial charge in [-0.05, 0) is 43.2 Å². The normalized spacial score (nSPS) is 12.0. The van der Waals surface area contributed by atoms with Crippen LogP contribution < -0.4 is 20.4 Å². The van der Waals surface area contributed by atoms with Crippen molar-refractivity contribution >= 4 is 22.4 Å². The number of nitrogens with zero attached hydrogens (tertiary/aromatic N) is 3. The predicted octanol–water partition coefficient (Wildman–Crippen LogP) is 2.34. The lowest BCUT2D eigenvalue weighted by Crippen LogP contribution is -2.28. The minimum atomic E-state index is -0.432. The third-order valence-electron chi connectivity index (χ3n) is 4.25. The number of hydrogen-bond acceptors (Lipinski definition) is 7. The number of thiazole rings is 1. The van der Waals surface area contributed by atoms with Crippen molar-refractivity contribution in [2.75, 3.05) is 6.61 Å². The minimum absolute atomic E-state index is 0.222. The van der Waals surface area contributed by atoms with Crippen LogP contribution in [0.5, 0.6) is 5.75 Å². The summed E-state index contributed by atoms with van der Waals surface area (Å²) in [7, 11) is 0. The summed E-state index contributed by atoms with van der Waals surface area (Å²) in [6.07, 6.45) is 2.86. The number of rotatable bonds is 6. The van der Waals surface area contributed by atoms with Crippen LogP contribution >= 0.6 is 11.3 Å². The zero-order chi connectivity index (χ0) is 20.4. The molecule has 0 aliphatic rings. The molecule has 0 atom stereocenters. The summed E-state index contributed by atoms with van der Waals surface area (Å²) in [5.41, 5.74) is 0.356. The molecule has 8 heteroatoms. The van der Waals surface area contributed by atoms with E-state index in [1.54, 1.807) is 12.1 Å². The van der Waals surface area contributed by atoms with Gasteiger partial charge in [0.1, 0.15) is 27.5 Å². The highest BCUT2D eigenvalue weighted by Crippen LogP contribution is 2.14. The third kappa shape index (κ3) is 4.12. The van der Waals surface area contributed by atoms with Gasteiger partial charge in [-0.2, -0.15) is 14.6 Å². The highest BCUT2D eigenvalue weighted by Gasteiger charge is 2.12. The number of fused-ring (bicyclic) bond motifs is 1. The fourth-order valence-corrected chi connectivity index (χ4v) is 3.71. The van der Waals surface area contributed by atoms with Crippen molar-refractivity contribution in [3.05, 3.63) is 84.4 Å². The average molecular weight is 409 g/mol. The Kier molecular flexibility index (Phi) is 5.26. The Morgan fingerprint density at radius 1 is 1.17 bits per heavy atom. The smallest absolute Gasteiger partial charge is 0.296 e. The van der Waals surface area contributed by atoms with E-state index in [1.165, 1.54) is 4.52 Å². The zero-order valence-electron chi connectivity index (χ0n) is 16.0. The molecule has 3 aromatic heterocycles. The Balaban J connectivity index is 1.66. The molecule has 0 aliphatic carbocycles. The van der Waals surface area contributed by atoms with Crippen molar-refractivity contribution in [3.8, 4) is 5.75 Å². The summed E-state index contributed by atoms with van der Waals surface area (Å²) in [5.74, 6) is 2.10. The molecule has 0 bridgehead atoms. The number of hydrogen-bond donors (Lipinski definition) is 0. The summed E-state index contributed by atoms with van der Waals surface area (Å²) >= 11 is 1.11. The highest BCUT2D eigenvalue weighted by molar-refractivity contribution is 7.15. The van der Waals surface area contributed by atoms with Crippen LogP contribution in [0.4, 0.5) is 0 Å². The second-order valence-electron chi connectivity index (χ2n) is 6.59. The molecule has 0 radical (unpaired) electrons. The van der Waals surface area contributed by atoms with Crippen LogP contribution in [-0.2, 0) is 6.42 Å². The monoisotopic (exact) mass is 409 g/mol. The first kappa shape index (κ1) is 19.1. The van der Waals surface area contributed by atoms with Gasteiger partial charge in [0, 0.05) is 12.5 Å². The largest absolute Gasteiger partial charge is 0.494 e. The molecule has 4 aromatic rings. The van der Waals surface area contributed by atoms with E-state index in [9.17, 15) is 9.59 Å². The number of benzene rings is 1. The van der Waals surface area contributed by atoms with Crippen molar-refractivity contribution in [3.63, 3.8) is 0 Å². The van der Waals surface area contributed by atoms with Gasteiger partial charge < -0.3 is 9.15 Å². The van der Waals surface area contributed by atoms with Crippen LogP contribution in [0.25, 0.3) is 11.0 Å². The van der Waals surface area contributed by atoms with Gasteiger partial charge in [-0.1, -0.05) is 30.4 Å². The molecule has 0 aliphatic heterocycles. The van der Waals surface area contributed by atoms with Crippen LogP contribution in [0, 0.1) is 6.92 Å². The maximum Gasteiger partial charge on any atom is 0.296 e. The molecule has 0 unspecified atom stereocenters. The van der Waals surface area contributed by atoms with E-state index in [0.29, 0.717) is 16.9 Å². The molecule has 4 rings (SSSR count). The summed E-state index contributed by atoms with van der Waals surface area (Å²) in [6, 6.07) is 11.1. The fraction of sp³-hybridized carbons (Fsp3) is 0.238. The lowest BCUT2D eigenvalue weighted by atomic mass is 10.1. The van der Waals surface area contributed by atoms with Crippen LogP contribution in [0.2, 0.25) is 0 Å². The van der Waals surface area contributed by atoms with E-state index in [-0.39, 0.29) is 22.6 Å². The third-order valence-corrected chi connectivity index (χ3v) is 5.21. The molecule has 0 saturated heterocycles. The van der Waals surface area contributed by atoms with Gasteiger partial charge in [0.15, 0.2) is 0 Å². The first-order valence-electron chi connectivity index (χ1n) is 9.26. The maximum absolute atomic E-state index is 12.7. The SMILES string of the molecule is CCCOc1ccc(Cc2nn3c(=O)/c(=C\c4ccc(C)o4)sc3nc2=O)cc1. The first-order valence-corrected chi connectivity index (χ1v) is 10.1. The molecular formula is C21H19N3O4S. The fourth-order valence-electron chi connectivity index (χ4n) is 2.83. The van der Waals surface area contributed by atoms with E-state index >= 15 is 0 Å². The average Bonchev–Trinajstić information content (AvgIpc) is 3.25. The minimum Gasteiger partial charge on any atom is -0.494 e. The summed E-state index contributed by atoms with van der Waals surface area (Å²) in [6.45, 7) is 4.53. The summed E-state index contributed by atoms with van der Waals surface area (Å²) < 4.78 is 12.6. The summed E-state index contributed by atoms with van der Waals surface area (Å²) in [4.78, 5) is 29.4. The molecule has 0 fully saturated rings. The van der Waals surface area contributed by atoms with Gasteiger partial charge in [-0.3, -0.25) is 9.59 Å². The van der Waals surface area contributed by atoms with Gasteiger partial charge in [0.2, 0.25) is 4.96 Å². The molecule has 1 aromatic carbocycles. The molecule has 29 heavy (non-hydrogen) atoms. The second kappa shape index (κ2) is 8.00. The van der Waals surface area contributed by atoms with Gasteiger partial charge >= 0.3 is 0 Å². The molecule has 0 spiro atoms. The summed E-state index contributed by atoms with van der Waals surface area (Å²) in [5, 5.41) is 4.27. The Morgan fingerprint density at radius 3 is 2.66 bits per heavy atom. The van der Waals surface area contributed by atoms with Crippen molar-refractivity contribution in [1.29, 1.82) is 0 Å². The van der Waals surface area contributed by atoms with E-state index in [4.69, 9.17) is 9.15 Å². The van der Waals surface area contributed by atoms with Crippen LogP contribution in [0.3, 0.4) is 0 Å². The van der Waals surface area contributed by atoms with Crippen LogP contribution in [0.15, 0.2) is 50.4 Å². The van der Waals surface area contributed by atoms with Gasteiger partial charge in [-0.25, -0.2) is 0 Å². The Morgan fingerprint density at radius 2 is 1.97 bits per heavy atom. The Bertz CT molecular complexity index is 1320. The molecule has 0 amide bonds. The quantitative estimate of drug-likeness (QED) is 0.486. The maximum atomic E-state index is 12.7. The molecule has 148 valence electrons. The molecular weight excluding hydrogens is 390 g/mol. The molecule has 0 N–H and O–H groups in total. The van der Waals surface area contributed by atoms with Crippen molar-refractivity contribution in [2.24, 2.45) is 0 Å². The van der Waals surface area contributed by atoms with Crippen molar-refractivity contribution in [1.82, 2.24) is 14.6 Å². The van der Waals surface area contributed by atoms with Gasteiger partial charge in [-0.15, -0.1) is 0 Å². The second-order valence-corrected chi connectivity index (χ2v) is 7.60. The number of aromatic nitrogens is 3. The first-order chi connectivity index (χ1) is 14.0. The van der Waals surface area contributed by atoms with E-state index < -0.39 is 5.56 Å². The van der Waals surface area contributed by atoms with E-state index in [2.05, 4.69) is 10.1 Å². The van der Waals surface area contributed by atoms with Gasteiger partial charge in [0.05, 0.1) is 6.61 Å². The predicted molar refractivity (Wildman–Crippen MR) is 111 cm³/mol. The number of ether oxygens (including phenoxy) is 1. The van der Waals surface area contributed by atoms with Crippen molar-refractivity contribution < 1.29 is 9.15 Å². The van der Waals surface area contributed by atoms with Gasteiger partial charge in [0.25, 0.3) is 11.1 Å². The molecule has 3 heterocycles. The van der Waals surface area contributed by atoms with Crippen LogP contribution in [0.1, 0.15) is 36.1 Å². The highest BCUT2D eigenvalue weighted by atomic mass is 32.1. The van der Waals surface area contributed by atoms with Crippen LogP contribution in [-0.4, -0.2) is 21.2 Å². The van der Waals surface area contributed by atoms with E-state index in [0.717, 1.165) is 34.8 Å².